The van der Waals surface area contributed by atoms with Gasteiger partial charge in [-0.05, 0) is 42.3 Å². The molecule has 0 aromatic heterocycles. The molecule has 2 unspecified atom stereocenters. The van der Waals surface area contributed by atoms with E-state index in [1.165, 1.54) is 11.5 Å². The van der Waals surface area contributed by atoms with Gasteiger partial charge in [0.25, 0.3) is 0 Å². The average Bonchev–Trinajstić information content (AvgIpc) is 2.69. The van der Waals surface area contributed by atoms with Crippen LogP contribution < -0.4 is 11.1 Å². The minimum Gasteiger partial charge on any atom is -0.398 e. The van der Waals surface area contributed by atoms with Gasteiger partial charge in [-0.25, -0.2) is 0 Å². The molecule has 4 rings (SSSR count). The highest BCUT2D eigenvalue weighted by molar-refractivity contribution is 7.99. The highest BCUT2D eigenvalue weighted by Crippen LogP contribution is 2.38. The smallest absolute Gasteiger partial charge is 0.228 e. The Morgan fingerprint density at radius 3 is 2.63 bits per heavy atom. The van der Waals surface area contributed by atoms with Crippen LogP contribution in [0.25, 0.3) is 0 Å². The number of hydrogen-bond donors (Lipinski definition) is 2. The monoisotopic (exact) mass is 401 g/mol. The van der Waals surface area contributed by atoms with E-state index < -0.39 is 0 Å². The summed E-state index contributed by atoms with van der Waals surface area (Å²) < 4.78 is 0. The molecule has 2 aliphatic rings. The van der Waals surface area contributed by atoms with Crippen LogP contribution in [0, 0.1) is 0 Å². The Labute approximate surface area is 169 Å². The Morgan fingerprint density at radius 1 is 1.11 bits per heavy atom. The van der Waals surface area contributed by atoms with E-state index in [1.54, 1.807) is 12.1 Å². The molecule has 2 atom stereocenters. The number of nitrogens with two attached hydrogens (primary N) is 1. The van der Waals surface area contributed by atoms with E-state index >= 15 is 0 Å². The Balaban J connectivity index is 1.62. The summed E-state index contributed by atoms with van der Waals surface area (Å²) >= 11 is 8.19. The molecule has 2 heterocycles. The third-order valence-electron chi connectivity index (χ3n) is 5.48. The van der Waals surface area contributed by atoms with Gasteiger partial charge in [-0.1, -0.05) is 35.9 Å². The van der Waals surface area contributed by atoms with Crippen LogP contribution in [0.3, 0.4) is 0 Å². The number of halogens is 1. The van der Waals surface area contributed by atoms with Crippen molar-refractivity contribution in [3.8, 4) is 0 Å². The average molecular weight is 402 g/mol. The Kier molecular flexibility index (Phi) is 5.62. The van der Waals surface area contributed by atoms with Crippen molar-refractivity contribution < 1.29 is 4.79 Å². The maximum atomic E-state index is 13.0. The van der Waals surface area contributed by atoms with Crippen LogP contribution in [0.4, 0.5) is 5.69 Å². The standard InChI is InChI=1S/C21H24ClN3OS/c22-14-5-6-19(23)18(13-14)20-16-4-2-1-3-15(16)17(21(26)24-20)7-8-25-9-11-27-12-10-25/h1-6,13,17,20H,7-12,23H2,(H,24,26). The SMILES string of the molecule is Nc1ccc(Cl)cc1C1NC(=O)C(CCN2CCSCC2)c2ccccc21. The fourth-order valence-corrected chi connectivity index (χ4v) is 5.18. The molecular weight excluding hydrogens is 378 g/mol. The lowest BCUT2D eigenvalue weighted by Gasteiger charge is -2.34. The second-order valence-corrected chi connectivity index (χ2v) is 8.80. The summed E-state index contributed by atoms with van der Waals surface area (Å²) in [4.78, 5) is 15.5. The summed E-state index contributed by atoms with van der Waals surface area (Å²) in [5, 5.41) is 3.82. The molecule has 0 saturated carbocycles. The van der Waals surface area contributed by atoms with E-state index in [0.717, 1.165) is 42.7 Å². The van der Waals surface area contributed by atoms with Crippen LogP contribution in [0.5, 0.6) is 0 Å². The topological polar surface area (TPSA) is 58.4 Å². The number of rotatable bonds is 4. The minimum atomic E-state index is -0.255. The molecule has 27 heavy (non-hydrogen) atoms. The zero-order chi connectivity index (χ0) is 18.8. The van der Waals surface area contributed by atoms with Gasteiger partial charge in [0.15, 0.2) is 0 Å². The molecule has 2 aromatic carbocycles. The van der Waals surface area contributed by atoms with Gasteiger partial charge < -0.3 is 16.0 Å². The van der Waals surface area contributed by atoms with Crippen LogP contribution >= 0.6 is 23.4 Å². The second-order valence-electron chi connectivity index (χ2n) is 7.14. The fraction of sp³-hybridized carbons (Fsp3) is 0.381. The number of carbonyl (C=O) groups is 1. The predicted molar refractivity (Wildman–Crippen MR) is 113 cm³/mol. The van der Waals surface area contributed by atoms with E-state index in [0.29, 0.717) is 10.7 Å². The third-order valence-corrected chi connectivity index (χ3v) is 6.66. The molecule has 4 nitrogen and oxygen atoms in total. The zero-order valence-corrected chi connectivity index (χ0v) is 16.7. The second kappa shape index (κ2) is 8.13. The molecule has 1 fully saturated rings. The van der Waals surface area contributed by atoms with Gasteiger partial charge in [-0.2, -0.15) is 11.8 Å². The van der Waals surface area contributed by atoms with Crippen molar-refractivity contribution >= 4 is 35.0 Å². The summed E-state index contributed by atoms with van der Waals surface area (Å²) in [7, 11) is 0. The number of thioether (sulfide) groups is 1. The van der Waals surface area contributed by atoms with E-state index in [4.69, 9.17) is 17.3 Å². The Hall–Kier alpha value is -1.69. The Morgan fingerprint density at radius 2 is 1.85 bits per heavy atom. The number of anilines is 1. The van der Waals surface area contributed by atoms with Crippen LogP contribution in [0.1, 0.15) is 35.1 Å². The molecular formula is C21H24ClN3OS. The zero-order valence-electron chi connectivity index (χ0n) is 15.2. The van der Waals surface area contributed by atoms with Gasteiger partial charge in [0.2, 0.25) is 5.91 Å². The molecule has 0 aliphatic carbocycles. The third kappa shape index (κ3) is 3.96. The van der Waals surface area contributed by atoms with Gasteiger partial charge in [0.05, 0.1) is 12.0 Å². The molecule has 1 amide bonds. The van der Waals surface area contributed by atoms with Crippen molar-refractivity contribution in [2.24, 2.45) is 0 Å². The lowest BCUT2D eigenvalue weighted by atomic mass is 9.81. The molecule has 142 valence electrons. The molecule has 3 N–H and O–H groups in total. The lowest BCUT2D eigenvalue weighted by Crippen LogP contribution is -2.41. The normalized spacial score (nSPS) is 22.9. The van der Waals surface area contributed by atoms with E-state index in [-0.39, 0.29) is 17.9 Å². The van der Waals surface area contributed by atoms with Crippen molar-refractivity contribution in [3.05, 3.63) is 64.2 Å². The number of nitrogen functional groups attached to an aromatic ring is 1. The van der Waals surface area contributed by atoms with Crippen molar-refractivity contribution in [2.75, 3.05) is 36.9 Å². The molecule has 2 aliphatic heterocycles. The van der Waals surface area contributed by atoms with Crippen molar-refractivity contribution in [3.63, 3.8) is 0 Å². The maximum Gasteiger partial charge on any atom is 0.228 e. The van der Waals surface area contributed by atoms with Crippen molar-refractivity contribution in [2.45, 2.75) is 18.4 Å². The van der Waals surface area contributed by atoms with Gasteiger partial charge in [0, 0.05) is 40.9 Å². The number of nitrogens with one attached hydrogen (secondary N) is 1. The van der Waals surface area contributed by atoms with Crippen molar-refractivity contribution in [1.29, 1.82) is 0 Å². The lowest BCUT2D eigenvalue weighted by molar-refractivity contribution is -0.123. The van der Waals surface area contributed by atoms with Crippen LogP contribution in [0.2, 0.25) is 5.02 Å². The quantitative estimate of drug-likeness (QED) is 0.767. The van der Waals surface area contributed by atoms with Crippen LogP contribution in [-0.4, -0.2) is 41.9 Å². The van der Waals surface area contributed by atoms with Crippen LogP contribution in [-0.2, 0) is 4.79 Å². The number of benzene rings is 2. The first kappa shape index (κ1) is 18.7. The van der Waals surface area contributed by atoms with E-state index in [2.05, 4.69) is 22.3 Å². The molecule has 6 heteroatoms. The number of nitrogens with zero attached hydrogens (tertiary/aromatic N) is 1. The summed E-state index contributed by atoms with van der Waals surface area (Å²) in [6.07, 6.45) is 0.839. The first-order valence-electron chi connectivity index (χ1n) is 9.37. The molecule has 0 radical (unpaired) electrons. The minimum absolute atomic E-state index is 0.0736. The number of amides is 1. The van der Waals surface area contributed by atoms with Crippen LogP contribution in [0.15, 0.2) is 42.5 Å². The number of hydrogen-bond acceptors (Lipinski definition) is 4. The highest BCUT2D eigenvalue weighted by atomic mass is 35.5. The highest BCUT2D eigenvalue weighted by Gasteiger charge is 2.34. The first-order chi connectivity index (χ1) is 13.1. The maximum absolute atomic E-state index is 13.0. The van der Waals surface area contributed by atoms with Gasteiger partial charge in [-0.15, -0.1) is 0 Å². The van der Waals surface area contributed by atoms with Gasteiger partial charge in [0.1, 0.15) is 0 Å². The van der Waals surface area contributed by atoms with Crippen molar-refractivity contribution in [1.82, 2.24) is 10.2 Å². The first-order valence-corrected chi connectivity index (χ1v) is 10.9. The molecule has 0 spiro atoms. The Bertz CT molecular complexity index is 838. The fourth-order valence-electron chi connectivity index (χ4n) is 4.02. The summed E-state index contributed by atoms with van der Waals surface area (Å²) in [5.41, 5.74) is 9.92. The van der Waals surface area contributed by atoms with Gasteiger partial charge in [-0.3, -0.25) is 4.79 Å². The number of carbonyl (C=O) groups excluding carboxylic acids is 1. The van der Waals surface area contributed by atoms with E-state index in [9.17, 15) is 4.79 Å². The summed E-state index contributed by atoms with van der Waals surface area (Å²) in [5.74, 6) is 2.32. The molecule has 2 aromatic rings. The largest absolute Gasteiger partial charge is 0.398 e. The predicted octanol–water partition coefficient (Wildman–Crippen LogP) is 3.66. The van der Waals surface area contributed by atoms with E-state index in [1.807, 2.05) is 30.0 Å². The van der Waals surface area contributed by atoms with Gasteiger partial charge >= 0.3 is 0 Å². The summed E-state index contributed by atoms with van der Waals surface area (Å²) in [6, 6.07) is 13.4. The molecule has 1 saturated heterocycles. The summed E-state index contributed by atoms with van der Waals surface area (Å²) in [6.45, 7) is 3.18. The number of fused-ring (bicyclic) bond motifs is 1. The molecule has 0 bridgehead atoms.